The second kappa shape index (κ2) is 5.27. The summed E-state index contributed by atoms with van der Waals surface area (Å²) >= 11 is 0. The number of hydrogen-bond acceptors (Lipinski definition) is 3. The molecule has 0 aromatic heterocycles. The number of nitrogens with two attached hydrogens (primary N) is 1. The first-order valence-corrected chi connectivity index (χ1v) is 5.17. The zero-order valence-electron chi connectivity index (χ0n) is 8.83. The Morgan fingerprint density at radius 2 is 1.94 bits per heavy atom. The lowest BCUT2D eigenvalue weighted by Gasteiger charge is -2.10. The smallest absolute Gasteiger partial charge is 0.269 e. The predicted octanol–water partition coefficient (Wildman–Crippen LogP) is 2.82. The summed E-state index contributed by atoms with van der Waals surface area (Å²) in [5.41, 5.74) is 7.11. The molecular weight excluding hydrogens is 228 g/mol. The van der Waals surface area contributed by atoms with Gasteiger partial charge in [0.15, 0.2) is 0 Å². The molecule has 1 aliphatic carbocycles. The van der Waals surface area contributed by atoms with E-state index >= 15 is 0 Å². The van der Waals surface area contributed by atoms with Crippen molar-refractivity contribution in [3.63, 3.8) is 0 Å². The van der Waals surface area contributed by atoms with E-state index in [4.69, 9.17) is 5.73 Å². The number of nitro benzene ring substituents is 1. The highest BCUT2D eigenvalue weighted by Crippen LogP contribution is 2.36. The van der Waals surface area contributed by atoms with E-state index in [1.807, 2.05) is 0 Å². The molecule has 0 aliphatic heterocycles. The fourth-order valence-electron chi connectivity index (χ4n) is 1.69. The molecule has 1 aromatic carbocycles. The van der Waals surface area contributed by atoms with Gasteiger partial charge in [-0.25, -0.2) is 0 Å². The van der Waals surface area contributed by atoms with Crippen molar-refractivity contribution in [2.24, 2.45) is 11.7 Å². The maximum Gasteiger partial charge on any atom is 0.269 e. The molecule has 0 saturated heterocycles. The van der Waals surface area contributed by atoms with E-state index in [0.29, 0.717) is 0 Å². The van der Waals surface area contributed by atoms with Gasteiger partial charge in [-0.15, -0.1) is 12.4 Å². The molecule has 0 radical (unpaired) electrons. The molecule has 0 heterocycles. The minimum atomic E-state index is -0.393. The maximum atomic E-state index is 10.4. The van der Waals surface area contributed by atoms with Crippen LogP contribution in [-0.2, 0) is 0 Å². The first-order chi connectivity index (χ1) is 7.16. The molecular formula is C11H15ClN2O2. The Morgan fingerprint density at radius 1 is 1.38 bits per heavy atom. The van der Waals surface area contributed by atoms with Crippen LogP contribution in [0.4, 0.5) is 5.69 Å². The van der Waals surface area contributed by atoms with E-state index in [-0.39, 0.29) is 24.1 Å². The van der Waals surface area contributed by atoms with Gasteiger partial charge in [-0.2, -0.15) is 0 Å². The summed E-state index contributed by atoms with van der Waals surface area (Å²) in [6, 6.07) is 6.57. The van der Waals surface area contributed by atoms with Crippen molar-refractivity contribution in [2.45, 2.75) is 25.3 Å². The Kier molecular flexibility index (Phi) is 4.26. The minimum absolute atomic E-state index is 0. The van der Waals surface area contributed by atoms with Crippen molar-refractivity contribution in [1.29, 1.82) is 0 Å². The SMILES string of the molecule is Cl.N[C@@H](CC1CC1)c1ccc([N+](=O)[O-])cc1. The molecule has 1 aliphatic rings. The number of non-ortho nitro benzene ring substituents is 1. The fraction of sp³-hybridized carbons (Fsp3) is 0.455. The molecule has 0 spiro atoms. The van der Waals surface area contributed by atoms with Gasteiger partial charge in [-0.05, 0) is 17.9 Å². The Balaban J connectivity index is 0.00000128. The van der Waals surface area contributed by atoms with Crippen molar-refractivity contribution >= 4 is 18.1 Å². The zero-order valence-corrected chi connectivity index (χ0v) is 9.65. The first-order valence-electron chi connectivity index (χ1n) is 5.17. The van der Waals surface area contributed by atoms with Gasteiger partial charge in [0.2, 0.25) is 0 Å². The number of rotatable bonds is 4. The topological polar surface area (TPSA) is 69.2 Å². The second-order valence-electron chi connectivity index (χ2n) is 4.13. The van der Waals surface area contributed by atoms with Crippen LogP contribution in [0.25, 0.3) is 0 Å². The van der Waals surface area contributed by atoms with E-state index in [1.54, 1.807) is 12.1 Å². The zero-order chi connectivity index (χ0) is 10.8. The van der Waals surface area contributed by atoms with Gasteiger partial charge in [-0.3, -0.25) is 10.1 Å². The number of nitrogens with zero attached hydrogens (tertiary/aromatic N) is 1. The highest BCUT2D eigenvalue weighted by atomic mass is 35.5. The highest BCUT2D eigenvalue weighted by Gasteiger charge is 2.24. The minimum Gasteiger partial charge on any atom is -0.324 e. The third kappa shape index (κ3) is 3.18. The molecule has 4 nitrogen and oxygen atoms in total. The lowest BCUT2D eigenvalue weighted by atomic mass is 10.0. The van der Waals surface area contributed by atoms with Gasteiger partial charge in [0.1, 0.15) is 0 Å². The molecule has 0 unspecified atom stereocenters. The van der Waals surface area contributed by atoms with E-state index in [9.17, 15) is 10.1 Å². The van der Waals surface area contributed by atoms with E-state index in [1.165, 1.54) is 25.0 Å². The summed E-state index contributed by atoms with van der Waals surface area (Å²) in [7, 11) is 0. The monoisotopic (exact) mass is 242 g/mol. The van der Waals surface area contributed by atoms with Crippen molar-refractivity contribution in [2.75, 3.05) is 0 Å². The van der Waals surface area contributed by atoms with Crippen molar-refractivity contribution < 1.29 is 4.92 Å². The van der Waals surface area contributed by atoms with E-state index in [0.717, 1.165) is 17.9 Å². The summed E-state index contributed by atoms with van der Waals surface area (Å²) in [6.07, 6.45) is 3.55. The summed E-state index contributed by atoms with van der Waals surface area (Å²) in [5.74, 6) is 0.773. The Hall–Kier alpha value is -1.13. The standard InChI is InChI=1S/C11H14N2O2.ClH/c12-11(7-8-1-2-8)9-3-5-10(6-4-9)13(14)15;/h3-6,8,11H,1-2,7,12H2;1H/t11-;/m0./s1. The van der Waals surface area contributed by atoms with Crippen molar-refractivity contribution in [3.8, 4) is 0 Å². The molecule has 2 rings (SSSR count). The summed E-state index contributed by atoms with van der Waals surface area (Å²) < 4.78 is 0. The van der Waals surface area contributed by atoms with Crippen LogP contribution >= 0.6 is 12.4 Å². The average molecular weight is 243 g/mol. The van der Waals surface area contributed by atoms with Crippen LogP contribution in [0.2, 0.25) is 0 Å². The quantitative estimate of drug-likeness (QED) is 0.652. The van der Waals surface area contributed by atoms with Gasteiger partial charge in [0.25, 0.3) is 5.69 Å². The van der Waals surface area contributed by atoms with Gasteiger partial charge >= 0.3 is 0 Å². The predicted molar refractivity (Wildman–Crippen MR) is 64.6 cm³/mol. The Bertz CT molecular complexity index is 363. The largest absolute Gasteiger partial charge is 0.324 e. The summed E-state index contributed by atoms with van der Waals surface area (Å²) in [6.45, 7) is 0. The number of nitro groups is 1. The van der Waals surface area contributed by atoms with Gasteiger partial charge in [0, 0.05) is 18.2 Å². The molecule has 16 heavy (non-hydrogen) atoms. The van der Waals surface area contributed by atoms with Crippen LogP contribution in [0.5, 0.6) is 0 Å². The van der Waals surface area contributed by atoms with Crippen LogP contribution in [0, 0.1) is 16.0 Å². The molecule has 2 N–H and O–H groups in total. The summed E-state index contributed by atoms with van der Waals surface area (Å²) in [4.78, 5) is 10.1. The third-order valence-corrected chi connectivity index (χ3v) is 2.82. The molecule has 88 valence electrons. The normalized spacial score (nSPS) is 16.3. The van der Waals surface area contributed by atoms with Crippen LogP contribution in [-0.4, -0.2) is 4.92 Å². The average Bonchev–Trinajstić information content (AvgIpc) is 3.02. The van der Waals surface area contributed by atoms with Crippen LogP contribution in [0.1, 0.15) is 30.9 Å². The lowest BCUT2D eigenvalue weighted by molar-refractivity contribution is -0.384. The van der Waals surface area contributed by atoms with E-state index in [2.05, 4.69) is 0 Å². The van der Waals surface area contributed by atoms with Crippen LogP contribution in [0.3, 0.4) is 0 Å². The molecule has 1 atom stereocenters. The highest BCUT2D eigenvalue weighted by molar-refractivity contribution is 5.85. The number of hydrogen-bond donors (Lipinski definition) is 1. The second-order valence-corrected chi connectivity index (χ2v) is 4.13. The molecule has 0 amide bonds. The van der Waals surface area contributed by atoms with Gasteiger partial charge < -0.3 is 5.73 Å². The fourth-order valence-corrected chi connectivity index (χ4v) is 1.69. The third-order valence-electron chi connectivity index (χ3n) is 2.82. The van der Waals surface area contributed by atoms with Crippen molar-refractivity contribution in [1.82, 2.24) is 0 Å². The number of benzene rings is 1. The van der Waals surface area contributed by atoms with Crippen molar-refractivity contribution in [3.05, 3.63) is 39.9 Å². The van der Waals surface area contributed by atoms with E-state index < -0.39 is 4.92 Å². The Morgan fingerprint density at radius 3 is 2.38 bits per heavy atom. The molecule has 1 aromatic rings. The molecule has 1 fully saturated rings. The molecule has 1 saturated carbocycles. The van der Waals surface area contributed by atoms with Gasteiger partial charge in [0.05, 0.1) is 4.92 Å². The number of halogens is 1. The first kappa shape index (κ1) is 12.9. The molecule has 5 heteroatoms. The molecule has 0 bridgehead atoms. The summed E-state index contributed by atoms with van der Waals surface area (Å²) in [5, 5.41) is 10.4. The lowest BCUT2D eigenvalue weighted by Crippen LogP contribution is -2.10. The Labute approximate surface area is 100 Å². The van der Waals surface area contributed by atoms with Crippen LogP contribution < -0.4 is 5.73 Å². The van der Waals surface area contributed by atoms with Gasteiger partial charge in [-0.1, -0.05) is 25.0 Å². The van der Waals surface area contributed by atoms with Crippen LogP contribution in [0.15, 0.2) is 24.3 Å². The maximum absolute atomic E-state index is 10.4.